The second kappa shape index (κ2) is 5.73. The molecule has 0 aliphatic heterocycles. The molecule has 0 amide bonds. The zero-order valence-electron chi connectivity index (χ0n) is 12.6. The van der Waals surface area contributed by atoms with Crippen molar-refractivity contribution in [3.63, 3.8) is 0 Å². The van der Waals surface area contributed by atoms with Gasteiger partial charge in [0.05, 0.1) is 12.2 Å². The van der Waals surface area contributed by atoms with Crippen LogP contribution < -0.4 is 5.56 Å². The van der Waals surface area contributed by atoms with E-state index in [1.54, 1.807) is 52.1 Å². The second-order valence-corrected chi connectivity index (χ2v) is 5.46. The van der Waals surface area contributed by atoms with E-state index >= 15 is 0 Å². The van der Waals surface area contributed by atoms with Crippen LogP contribution in [0.2, 0.25) is 0 Å². The molecule has 0 unspecified atom stereocenters. The van der Waals surface area contributed by atoms with Crippen LogP contribution in [0.5, 0.6) is 0 Å². The number of hydrogen-bond acceptors (Lipinski definition) is 3. The van der Waals surface area contributed by atoms with Gasteiger partial charge in [0.2, 0.25) is 0 Å². The Labute approximate surface area is 136 Å². The molecule has 0 saturated heterocycles. The van der Waals surface area contributed by atoms with E-state index in [-0.39, 0.29) is 11.4 Å². The fraction of sp³-hybridized carbons (Fsp3) is 0.0556. The minimum absolute atomic E-state index is 0.176. The van der Waals surface area contributed by atoms with E-state index in [1.807, 2.05) is 12.1 Å². The Morgan fingerprint density at radius 3 is 2.79 bits per heavy atom. The van der Waals surface area contributed by atoms with Gasteiger partial charge in [0.1, 0.15) is 11.3 Å². The first-order valence-corrected chi connectivity index (χ1v) is 7.44. The smallest absolute Gasteiger partial charge is 0.276 e. The molecule has 6 heteroatoms. The molecule has 0 atom stereocenters. The van der Waals surface area contributed by atoms with Gasteiger partial charge in [-0.05, 0) is 35.9 Å². The molecule has 4 aromatic rings. The average molecular weight is 320 g/mol. The monoisotopic (exact) mass is 320 g/mol. The van der Waals surface area contributed by atoms with Crippen LogP contribution >= 0.6 is 0 Å². The number of rotatable bonds is 3. The van der Waals surface area contributed by atoms with Crippen molar-refractivity contribution in [1.29, 1.82) is 0 Å². The van der Waals surface area contributed by atoms with Gasteiger partial charge < -0.3 is 4.57 Å². The van der Waals surface area contributed by atoms with E-state index in [1.165, 1.54) is 12.1 Å². The summed E-state index contributed by atoms with van der Waals surface area (Å²) in [5, 5.41) is 4.41. The number of aromatic nitrogens is 4. The molecule has 3 heterocycles. The summed E-state index contributed by atoms with van der Waals surface area (Å²) in [6.45, 7) is 0.306. The molecule has 0 fully saturated rings. The first-order chi connectivity index (χ1) is 11.7. The Morgan fingerprint density at radius 2 is 2.00 bits per heavy atom. The third-order valence-electron chi connectivity index (χ3n) is 3.80. The minimum atomic E-state index is -0.315. The molecule has 4 rings (SSSR count). The molecule has 0 spiro atoms. The number of benzene rings is 1. The summed E-state index contributed by atoms with van der Waals surface area (Å²) in [5.41, 5.74) is 2.55. The number of pyridine rings is 1. The molecule has 0 aliphatic rings. The molecule has 0 N–H and O–H groups in total. The fourth-order valence-electron chi connectivity index (χ4n) is 2.64. The largest absolute Gasteiger partial charge is 0.308 e. The Balaban J connectivity index is 1.76. The SMILES string of the molecule is O=c1c2cc(-c3cccnc3)nn2ccn1Cc1cccc(F)c1. The van der Waals surface area contributed by atoms with Gasteiger partial charge in [-0.2, -0.15) is 5.10 Å². The summed E-state index contributed by atoms with van der Waals surface area (Å²) >= 11 is 0. The third kappa shape index (κ3) is 2.58. The van der Waals surface area contributed by atoms with Crippen molar-refractivity contribution in [3.05, 3.63) is 89.0 Å². The van der Waals surface area contributed by atoms with Crippen LogP contribution in [0.25, 0.3) is 16.8 Å². The maximum Gasteiger partial charge on any atom is 0.276 e. The van der Waals surface area contributed by atoms with Crippen molar-refractivity contribution in [2.45, 2.75) is 6.54 Å². The van der Waals surface area contributed by atoms with Crippen LogP contribution in [0.4, 0.5) is 4.39 Å². The fourth-order valence-corrected chi connectivity index (χ4v) is 2.64. The lowest BCUT2D eigenvalue weighted by Gasteiger charge is -2.06. The second-order valence-electron chi connectivity index (χ2n) is 5.46. The van der Waals surface area contributed by atoms with E-state index in [0.29, 0.717) is 17.8 Å². The van der Waals surface area contributed by atoms with Crippen LogP contribution in [0.3, 0.4) is 0 Å². The Hall–Kier alpha value is -3.28. The van der Waals surface area contributed by atoms with Crippen molar-refractivity contribution in [1.82, 2.24) is 19.2 Å². The Kier molecular flexibility index (Phi) is 3.42. The lowest BCUT2D eigenvalue weighted by molar-refractivity contribution is 0.622. The summed E-state index contributed by atoms with van der Waals surface area (Å²) in [6, 6.07) is 11.7. The van der Waals surface area contributed by atoms with E-state index in [0.717, 1.165) is 11.1 Å². The van der Waals surface area contributed by atoms with Gasteiger partial charge in [0.15, 0.2) is 0 Å². The van der Waals surface area contributed by atoms with E-state index in [4.69, 9.17) is 0 Å². The quantitative estimate of drug-likeness (QED) is 0.583. The zero-order chi connectivity index (χ0) is 16.5. The summed E-state index contributed by atoms with van der Waals surface area (Å²) in [7, 11) is 0. The van der Waals surface area contributed by atoms with Gasteiger partial charge in [0.25, 0.3) is 5.56 Å². The number of fused-ring (bicyclic) bond motifs is 1. The van der Waals surface area contributed by atoms with Crippen molar-refractivity contribution in [3.8, 4) is 11.3 Å². The normalized spacial score (nSPS) is 11.0. The maximum absolute atomic E-state index is 13.3. The van der Waals surface area contributed by atoms with Crippen LogP contribution in [0.15, 0.2) is 72.0 Å². The van der Waals surface area contributed by atoms with Gasteiger partial charge in [0, 0.05) is 30.4 Å². The van der Waals surface area contributed by atoms with Gasteiger partial charge in [-0.25, -0.2) is 8.91 Å². The first-order valence-electron chi connectivity index (χ1n) is 7.44. The van der Waals surface area contributed by atoms with E-state index in [9.17, 15) is 9.18 Å². The first kappa shape index (κ1) is 14.3. The van der Waals surface area contributed by atoms with Gasteiger partial charge in [-0.15, -0.1) is 0 Å². The van der Waals surface area contributed by atoms with Gasteiger partial charge in [-0.1, -0.05) is 12.1 Å². The summed E-state index contributed by atoms with van der Waals surface area (Å²) < 4.78 is 16.4. The van der Waals surface area contributed by atoms with Crippen molar-refractivity contribution in [2.24, 2.45) is 0 Å². The number of hydrogen-bond donors (Lipinski definition) is 0. The van der Waals surface area contributed by atoms with Crippen molar-refractivity contribution in [2.75, 3.05) is 0 Å². The molecule has 1 aromatic carbocycles. The maximum atomic E-state index is 13.3. The standard InChI is InChI=1S/C18H13FN4O/c19-15-5-1-3-13(9-15)12-22-7-8-23-17(18(22)24)10-16(21-23)14-4-2-6-20-11-14/h1-11H,12H2. The highest BCUT2D eigenvalue weighted by Gasteiger charge is 2.09. The van der Waals surface area contributed by atoms with Crippen LogP contribution in [0.1, 0.15) is 5.56 Å². The molecular formula is C18H13FN4O. The van der Waals surface area contributed by atoms with Crippen molar-refractivity contribution < 1.29 is 4.39 Å². The van der Waals surface area contributed by atoms with E-state index < -0.39 is 0 Å². The highest BCUT2D eigenvalue weighted by Crippen LogP contribution is 2.16. The molecule has 0 aliphatic carbocycles. The topological polar surface area (TPSA) is 52.2 Å². The summed E-state index contributed by atoms with van der Waals surface area (Å²) in [5.74, 6) is -0.315. The third-order valence-corrected chi connectivity index (χ3v) is 3.80. The van der Waals surface area contributed by atoms with Crippen molar-refractivity contribution >= 4 is 5.52 Å². The molecule has 0 saturated carbocycles. The number of halogens is 1. The lowest BCUT2D eigenvalue weighted by Crippen LogP contribution is -2.21. The summed E-state index contributed by atoms with van der Waals surface area (Å²) in [4.78, 5) is 16.7. The molecule has 3 aromatic heterocycles. The van der Waals surface area contributed by atoms with Crippen LogP contribution in [0, 0.1) is 5.82 Å². The van der Waals surface area contributed by atoms with Gasteiger partial charge >= 0.3 is 0 Å². The molecule has 0 bridgehead atoms. The molecule has 0 radical (unpaired) electrons. The lowest BCUT2D eigenvalue weighted by atomic mass is 10.2. The van der Waals surface area contributed by atoms with Gasteiger partial charge in [-0.3, -0.25) is 9.78 Å². The molecule has 118 valence electrons. The Bertz CT molecular complexity index is 1070. The molecular weight excluding hydrogens is 307 g/mol. The predicted octanol–water partition coefficient (Wildman–Crippen LogP) is 2.75. The predicted molar refractivity (Wildman–Crippen MR) is 88.2 cm³/mol. The van der Waals surface area contributed by atoms with Crippen LogP contribution in [-0.2, 0) is 6.54 Å². The van der Waals surface area contributed by atoms with Crippen LogP contribution in [-0.4, -0.2) is 19.2 Å². The summed E-state index contributed by atoms with van der Waals surface area (Å²) in [6.07, 6.45) is 6.76. The molecule has 24 heavy (non-hydrogen) atoms. The highest BCUT2D eigenvalue weighted by molar-refractivity contribution is 5.64. The molecule has 5 nitrogen and oxygen atoms in total. The minimum Gasteiger partial charge on any atom is -0.308 e. The average Bonchev–Trinajstić information content (AvgIpc) is 3.03. The highest BCUT2D eigenvalue weighted by atomic mass is 19.1. The van der Waals surface area contributed by atoms with E-state index in [2.05, 4.69) is 10.1 Å². The number of nitrogens with zero attached hydrogens (tertiary/aromatic N) is 4. The Morgan fingerprint density at radius 1 is 1.08 bits per heavy atom. The zero-order valence-corrected chi connectivity index (χ0v) is 12.6.